The molecule has 0 rings (SSSR count). The smallest absolute Gasteiger partial charge is 0.00126 e. The van der Waals surface area contributed by atoms with Crippen molar-refractivity contribution >= 4 is 0 Å². The van der Waals surface area contributed by atoms with Gasteiger partial charge in [0.2, 0.25) is 0 Å². The second-order valence-electron chi connectivity index (χ2n) is 4.11. The first kappa shape index (κ1) is 14.9. The minimum Gasteiger partial charge on any atom is -0.309 e. The van der Waals surface area contributed by atoms with Gasteiger partial charge in [0.15, 0.2) is 0 Å². The second-order valence-corrected chi connectivity index (χ2v) is 4.11. The lowest BCUT2D eigenvalue weighted by atomic mass is 10.1. The van der Waals surface area contributed by atoms with Gasteiger partial charge in [-0.2, -0.15) is 0 Å². The Morgan fingerprint density at radius 3 is 2.44 bits per heavy atom. The van der Waals surface area contributed by atoms with Gasteiger partial charge in [0.1, 0.15) is 0 Å². The molecule has 0 saturated heterocycles. The van der Waals surface area contributed by atoms with Crippen molar-refractivity contribution < 1.29 is 0 Å². The average molecular weight is 219 g/mol. The Morgan fingerprint density at radius 2 is 2.00 bits per heavy atom. The summed E-state index contributed by atoms with van der Waals surface area (Å²) in [5.41, 5.74) is 2.66. The van der Waals surface area contributed by atoms with Crippen LogP contribution in [0.5, 0.6) is 0 Å². The van der Waals surface area contributed by atoms with Crippen LogP contribution < -0.4 is 0 Å². The summed E-state index contributed by atoms with van der Waals surface area (Å²) >= 11 is 0. The number of allylic oxidation sites excluding steroid dienone is 6. The first-order valence-corrected chi connectivity index (χ1v) is 5.93. The highest BCUT2D eigenvalue weighted by molar-refractivity contribution is 5.35. The maximum absolute atomic E-state index is 3.84. The Kier molecular flexibility index (Phi) is 8.55. The quantitative estimate of drug-likeness (QED) is 0.586. The SMILES string of the molecule is C=CC(/C=C(/CC)CCN(C)C)=C\C=C/C. The average Bonchev–Trinajstić information content (AvgIpc) is 2.28. The third-order valence-corrected chi connectivity index (χ3v) is 2.42. The van der Waals surface area contributed by atoms with Crippen LogP contribution in [0.2, 0.25) is 0 Å². The molecule has 0 aliphatic heterocycles. The Bertz CT molecular complexity index is 280. The van der Waals surface area contributed by atoms with E-state index in [1.165, 1.54) is 11.1 Å². The van der Waals surface area contributed by atoms with Crippen LogP contribution in [0.1, 0.15) is 26.7 Å². The highest BCUT2D eigenvalue weighted by Gasteiger charge is 1.97. The van der Waals surface area contributed by atoms with Crippen molar-refractivity contribution in [3.05, 3.63) is 48.1 Å². The molecule has 0 radical (unpaired) electrons. The van der Waals surface area contributed by atoms with Crippen LogP contribution >= 0.6 is 0 Å². The van der Waals surface area contributed by atoms with E-state index in [4.69, 9.17) is 0 Å². The van der Waals surface area contributed by atoms with Gasteiger partial charge in [-0.3, -0.25) is 0 Å². The van der Waals surface area contributed by atoms with Crippen LogP contribution in [-0.4, -0.2) is 25.5 Å². The van der Waals surface area contributed by atoms with Gasteiger partial charge in [0.25, 0.3) is 0 Å². The molecule has 0 aromatic rings. The van der Waals surface area contributed by atoms with Crippen LogP contribution in [0, 0.1) is 0 Å². The minimum atomic E-state index is 1.10. The lowest BCUT2D eigenvalue weighted by molar-refractivity contribution is 0.411. The van der Waals surface area contributed by atoms with Crippen molar-refractivity contribution in [1.82, 2.24) is 4.90 Å². The molecule has 0 unspecified atom stereocenters. The lowest BCUT2D eigenvalue weighted by Crippen LogP contribution is -2.13. The van der Waals surface area contributed by atoms with Crippen LogP contribution in [0.4, 0.5) is 0 Å². The van der Waals surface area contributed by atoms with E-state index in [1.54, 1.807) is 0 Å². The lowest BCUT2D eigenvalue weighted by Gasteiger charge is -2.11. The van der Waals surface area contributed by atoms with Crippen LogP contribution in [0.3, 0.4) is 0 Å². The maximum Gasteiger partial charge on any atom is 0.00126 e. The minimum absolute atomic E-state index is 1.10. The fourth-order valence-corrected chi connectivity index (χ4v) is 1.34. The van der Waals surface area contributed by atoms with E-state index in [9.17, 15) is 0 Å². The normalized spacial score (nSPS) is 13.8. The molecule has 0 saturated carbocycles. The zero-order valence-electron chi connectivity index (χ0n) is 11.2. The van der Waals surface area contributed by atoms with E-state index >= 15 is 0 Å². The molecular weight excluding hydrogens is 194 g/mol. The Morgan fingerprint density at radius 1 is 1.31 bits per heavy atom. The van der Waals surface area contributed by atoms with Crippen molar-refractivity contribution in [1.29, 1.82) is 0 Å². The highest BCUT2D eigenvalue weighted by Crippen LogP contribution is 2.12. The molecule has 0 aromatic carbocycles. The summed E-state index contributed by atoms with van der Waals surface area (Å²) in [6.07, 6.45) is 12.6. The molecule has 1 nitrogen and oxygen atoms in total. The molecule has 0 heterocycles. The van der Waals surface area contributed by atoms with Gasteiger partial charge in [-0.15, -0.1) is 0 Å². The van der Waals surface area contributed by atoms with Gasteiger partial charge in [-0.05, 0) is 39.4 Å². The second kappa shape index (κ2) is 9.17. The molecule has 1 heteroatoms. The van der Waals surface area contributed by atoms with Gasteiger partial charge in [0, 0.05) is 6.54 Å². The van der Waals surface area contributed by atoms with E-state index in [0.717, 1.165) is 19.4 Å². The summed E-state index contributed by atoms with van der Waals surface area (Å²) in [4.78, 5) is 2.22. The summed E-state index contributed by atoms with van der Waals surface area (Å²) < 4.78 is 0. The van der Waals surface area contributed by atoms with E-state index < -0.39 is 0 Å². The summed E-state index contributed by atoms with van der Waals surface area (Å²) in [5.74, 6) is 0. The van der Waals surface area contributed by atoms with Crippen LogP contribution in [0.15, 0.2) is 48.1 Å². The van der Waals surface area contributed by atoms with Gasteiger partial charge < -0.3 is 4.90 Å². The van der Waals surface area contributed by atoms with Crippen LogP contribution in [0.25, 0.3) is 0 Å². The van der Waals surface area contributed by atoms with Crippen molar-refractivity contribution in [2.45, 2.75) is 26.7 Å². The molecule has 90 valence electrons. The molecule has 0 spiro atoms. The Hall–Kier alpha value is -1.08. The van der Waals surface area contributed by atoms with Crippen molar-refractivity contribution in [2.75, 3.05) is 20.6 Å². The van der Waals surface area contributed by atoms with E-state index in [-0.39, 0.29) is 0 Å². The predicted molar refractivity (Wildman–Crippen MR) is 74.6 cm³/mol. The molecule has 0 N–H and O–H groups in total. The predicted octanol–water partition coefficient (Wildman–Crippen LogP) is 3.96. The summed E-state index contributed by atoms with van der Waals surface area (Å²) in [6.45, 7) is 9.17. The summed E-state index contributed by atoms with van der Waals surface area (Å²) in [7, 11) is 4.22. The Labute approximate surface area is 101 Å². The van der Waals surface area contributed by atoms with Crippen LogP contribution in [-0.2, 0) is 0 Å². The van der Waals surface area contributed by atoms with Crippen molar-refractivity contribution in [3.63, 3.8) is 0 Å². The molecule has 16 heavy (non-hydrogen) atoms. The standard InChI is InChI=1S/C15H25N/c1-6-9-10-14(7-2)13-15(8-3)11-12-16(4)5/h6-7,9-10,13H,2,8,11-12H2,1,3-5H3/b9-6-,14-10+,15-13-. The van der Waals surface area contributed by atoms with E-state index in [2.05, 4.69) is 44.6 Å². The molecule has 0 aliphatic rings. The van der Waals surface area contributed by atoms with Crippen molar-refractivity contribution in [3.8, 4) is 0 Å². The van der Waals surface area contributed by atoms with Gasteiger partial charge in [0.05, 0.1) is 0 Å². The third kappa shape index (κ3) is 7.24. The zero-order valence-corrected chi connectivity index (χ0v) is 11.2. The fraction of sp³-hybridized carbons (Fsp3) is 0.467. The zero-order chi connectivity index (χ0) is 12.4. The molecule has 0 atom stereocenters. The van der Waals surface area contributed by atoms with E-state index in [1.807, 2.05) is 25.2 Å². The molecular formula is C15H25N. The summed E-state index contributed by atoms with van der Waals surface area (Å²) in [6, 6.07) is 0. The van der Waals surface area contributed by atoms with Gasteiger partial charge in [-0.1, -0.05) is 49.5 Å². The van der Waals surface area contributed by atoms with Crippen molar-refractivity contribution in [2.24, 2.45) is 0 Å². The molecule has 0 bridgehead atoms. The molecule has 0 aliphatic carbocycles. The largest absolute Gasteiger partial charge is 0.309 e. The monoisotopic (exact) mass is 219 g/mol. The molecule has 0 fully saturated rings. The number of nitrogens with zero attached hydrogens (tertiary/aromatic N) is 1. The Balaban J connectivity index is 4.57. The number of rotatable bonds is 7. The number of hydrogen-bond donors (Lipinski definition) is 0. The van der Waals surface area contributed by atoms with Gasteiger partial charge in [-0.25, -0.2) is 0 Å². The van der Waals surface area contributed by atoms with Gasteiger partial charge >= 0.3 is 0 Å². The maximum atomic E-state index is 3.84. The fourth-order valence-electron chi connectivity index (χ4n) is 1.34. The first-order valence-electron chi connectivity index (χ1n) is 5.93. The number of hydrogen-bond acceptors (Lipinski definition) is 1. The summed E-state index contributed by atoms with van der Waals surface area (Å²) in [5, 5.41) is 0. The topological polar surface area (TPSA) is 3.24 Å². The van der Waals surface area contributed by atoms with E-state index in [0.29, 0.717) is 0 Å². The molecule has 0 amide bonds. The molecule has 0 aromatic heterocycles. The first-order chi connectivity index (χ1) is 7.63. The highest BCUT2D eigenvalue weighted by atomic mass is 15.0. The third-order valence-electron chi connectivity index (χ3n) is 2.42.